The Morgan fingerprint density at radius 1 is 0.852 bits per heavy atom. The number of fused-ring (bicyclic) bond motifs is 1. The molecule has 3 aromatic carbocycles. The molecule has 0 unspecified atom stereocenters. The van der Waals surface area contributed by atoms with E-state index in [-0.39, 0.29) is 5.91 Å². The molecular formula is C23H18N2OS. The predicted molar refractivity (Wildman–Crippen MR) is 111 cm³/mol. The van der Waals surface area contributed by atoms with E-state index < -0.39 is 0 Å². The third-order valence-electron chi connectivity index (χ3n) is 4.21. The zero-order valence-electron chi connectivity index (χ0n) is 14.8. The van der Waals surface area contributed by atoms with Crippen molar-refractivity contribution in [1.82, 2.24) is 4.98 Å². The van der Waals surface area contributed by atoms with Gasteiger partial charge in [-0.1, -0.05) is 60.3 Å². The maximum atomic E-state index is 12.7. The number of aryl methyl sites for hydroxylation is 1. The van der Waals surface area contributed by atoms with Crippen LogP contribution < -0.4 is 5.32 Å². The van der Waals surface area contributed by atoms with Gasteiger partial charge < -0.3 is 5.32 Å². The van der Waals surface area contributed by atoms with Gasteiger partial charge >= 0.3 is 0 Å². The van der Waals surface area contributed by atoms with Gasteiger partial charge in [-0.15, -0.1) is 0 Å². The lowest BCUT2D eigenvalue weighted by molar-refractivity contribution is 0.102. The minimum atomic E-state index is -0.203. The molecule has 0 aliphatic carbocycles. The molecule has 3 nitrogen and oxygen atoms in total. The fraction of sp³-hybridized carbons (Fsp3) is 0.0435. The number of aromatic nitrogens is 1. The molecule has 0 saturated heterocycles. The van der Waals surface area contributed by atoms with Crippen LogP contribution in [0.1, 0.15) is 16.2 Å². The van der Waals surface area contributed by atoms with Gasteiger partial charge in [0.2, 0.25) is 0 Å². The normalized spacial score (nSPS) is 10.7. The third kappa shape index (κ3) is 3.86. The van der Waals surface area contributed by atoms with E-state index in [0.29, 0.717) is 5.69 Å². The van der Waals surface area contributed by atoms with Gasteiger partial charge in [-0.25, -0.2) is 4.98 Å². The molecule has 4 heteroatoms. The van der Waals surface area contributed by atoms with Crippen molar-refractivity contribution in [2.45, 2.75) is 16.7 Å². The number of rotatable bonds is 4. The van der Waals surface area contributed by atoms with Gasteiger partial charge in [0.1, 0.15) is 5.69 Å². The Morgan fingerprint density at radius 2 is 1.59 bits per heavy atom. The summed E-state index contributed by atoms with van der Waals surface area (Å²) in [5.41, 5.74) is 2.03. The first-order valence-electron chi connectivity index (χ1n) is 8.70. The second kappa shape index (κ2) is 7.64. The summed E-state index contributed by atoms with van der Waals surface area (Å²) in [4.78, 5) is 19.3. The molecule has 27 heavy (non-hydrogen) atoms. The second-order valence-electron chi connectivity index (χ2n) is 6.19. The molecule has 1 heterocycles. The number of carbonyl (C=O) groups excluding carboxylic acids is 1. The Bertz CT molecular complexity index is 1100. The standard InChI is InChI=1S/C23H18N2OS/c1-16-8-5-14-20(24-16)23(26)25-19-13-6-9-17-10-7-15-21(22(17)19)27-18-11-3-2-4-12-18/h2-15H,1H3,(H,25,26). The summed E-state index contributed by atoms with van der Waals surface area (Å²) < 4.78 is 0. The van der Waals surface area contributed by atoms with Crippen molar-refractivity contribution in [3.63, 3.8) is 0 Å². The van der Waals surface area contributed by atoms with Crippen molar-refractivity contribution in [2.24, 2.45) is 0 Å². The van der Waals surface area contributed by atoms with Crippen LogP contribution in [0.2, 0.25) is 0 Å². The Morgan fingerprint density at radius 3 is 2.37 bits per heavy atom. The van der Waals surface area contributed by atoms with E-state index in [1.54, 1.807) is 17.8 Å². The largest absolute Gasteiger partial charge is 0.320 e. The first kappa shape index (κ1) is 17.3. The van der Waals surface area contributed by atoms with Crippen LogP contribution in [-0.4, -0.2) is 10.9 Å². The van der Waals surface area contributed by atoms with Crippen LogP contribution in [0.5, 0.6) is 0 Å². The molecule has 0 atom stereocenters. The molecule has 0 aliphatic heterocycles. The monoisotopic (exact) mass is 370 g/mol. The summed E-state index contributed by atoms with van der Waals surface area (Å²) in [5.74, 6) is -0.203. The maximum absolute atomic E-state index is 12.7. The Kier molecular flexibility index (Phi) is 4.90. The van der Waals surface area contributed by atoms with E-state index in [2.05, 4.69) is 40.6 Å². The average molecular weight is 370 g/mol. The van der Waals surface area contributed by atoms with Gasteiger partial charge in [-0.3, -0.25) is 4.79 Å². The quantitative estimate of drug-likeness (QED) is 0.483. The molecule has 4 rings (SSSR count). The number of nitrogens with zero attached hydrogens (tertiary/aromatic N) is 1. The van der Waals surface area contributed by atoms with Crippen LogP contribution in [0.15, 0.2) is 94.7 Å². The van der Waals surface area contributed by atoms with Crippen molar-refractivity contribution in [1.29, 1.82) is 0 Å². The van der Waals surface area contributed by atoms with Crippen LogP contribution in [0, 0.1) is 6.92 Å². The smallest absolute Gasteiger partial charge is 0.274 e. The molecular weight excluding hydrogens is 352 g/mol. The van der Waals surface area contributed by atoms with Gasteiger partial charge in [-0.05, 0) is 48.7 Å². The van der Waals surface area contributed by atoms with Crippen LogP contribution in [0.4, 0.5) is 5.69 Å². The summed E-state index contributed by atoms with van der Waals surface area (Å²) in [6, 6.07) is 27.8. The van der Waals surface area contributed by atoms with Gasteiger partial charge in [0, 0.05) is 20.9 Å². The molecule has 0 saturated carbocycles. The van der Waals surface area contributed by atoms with Crippen molar-refractivity contribution in [3.05, 3.63) is 96.3 Å². The van der Waals surface area contributed by atoms with Gasteiger partial charge in [0.05, 0.1) is 5.69 Å². The number of carbonyl (C=O) groups is 1. The third-order valence-corrected chi connectivity index (χ3v) is 5.27. The van der Waals surface area contributed by atoms with E-state index in [1.807, 2.05) is 55.5 Å². The number of hydrogen-bond acceptors (Lipinski definition) is 3. The minimum absolute atomic E-state index is 0.203. The molecule has 0 fully saturated rings. The van der Waals surface area contributed by atoms with E-state index in [0.717, 1.165) is 31.9 Å². The fourth-order valence-corrected chi connectivity index (χ4v) is 3.99. The number of benzene rings is 3. The highest BCUT2D eigenvalue weighted by atomic mass is 32.2. The molecule has 1 N–H and O–H groups in total. The topological polar surface area (TPSA) is 42.0 Å². The molecule has 0 aliphatic rings. The van der Waals surface area contributed by atoms with E-state index >= 15 is 0 Å². The molecule has 4 aromatic rings. The Hall–Kier alpha value is -3.11. The van der Waals surface area contributed by atoms with Crippen molar-refractivity contribution >= 4 is 34.1 Å². The highest BCUT2D eigenvalue weighted by molar-refractivity contribution is 7.99. The first-order chi connectivity index (χ1) is 13.2. The van der Waals surface area contributed by atoms with E-state index in [1.165, 1.54) is 0 Å². The van der Waals surface area contributed by atoms with Crippen LogP contribution in [-0.2, 0) is 0 Å². The lowest BCUT2D eigenvalue weighted by Crippen LogP contribution is -2.14. The van der Waals surface area contributed by atoms with Crippen LogP contribution >= 0.6 is 11.8 Å². The van der Waals surface area contributed by atoms with Gasteiger partial charge in [0.25, 0.3) is 5.91 Å². The van der Waals surface area contributed by atoms with E-state index in [9.17, 15) is 4.79 Å². The average Bonchev–Trinajstić information content (AvgIpc) is 2.69. The number of hydrogen-bond donors (Lipinski definition) is 1. The lowest BCUT2D eigenvalue weighted by atomic mass is 10.1. The fourth-order valence-electron chi connectivity index (χ4n) is 2.97. The van der Waals surface area contributed by atoms with Crippen molar-refractivity contribution in [3.8, 4) is 0 Å². The lowest BCUT2D eigenvalue weighted by Gasteiger charge is -2.13. The zero-order valence-corrected chi connectivity index (χ0v) is 15.7. The minimum Gasteiger partial charge on any atom is -0.320 e. The molecule has 0 radical (unpaired) electrons. The van der Waals surface area contributed by atoms with Crippen molar-refractivity contribution in [2.75, 3.05) is 5.32 Å². The highest BCUT2D eigenvalue weighted by Crippen LogP contribution is 2.37. The summed E-state index contributed by atoms with van der Waals surface area (Å²) in [6.45, 7) is 1.88. The zero-order chi connectivity index (χ0) is 18.6. The number of nitrogens with one attached hydrogen (secondary N) is 1. The predicted octanol–water partition coefficient (Wildman–Crippen LogP) is 5.95. The highest BCUT2D eigenvalue weighted by Gasteiger charge is 2.12. The van der Waals surface area contributed by atoms with E-state index in [4.69, 9.17) is 0 Å². The second-order valence-corrected chi connectivity index (χ2v) is 7.31. The molecule has 1 aromatic heterocycles. The molecule has 0 bridgehead atoms. The SMILES string of the molecule is Cc1cccc(C(=O)Nc2cccc3cccc(Sc4ccccc4)c23)n1. The first-order valence-corrected chi connectivity index (χ1v) is 9.52. The van der Waals surface area contributed by atoms with Gasteiger partial charge in [0.15, 0.2) is 0 Å². The Labute approximate surface area is 162 Å². The van der Waals surface area contributed by atoms with Gasteiger partial charge in [-0.2, -0.15) is 0 Å². The molecule has 132 valence electrons. The number of anilines is 1. The summed E-state index contributed by atoms with van der Waals surface area (Å²) in [5, 5.41) is 5.17. The number of pyridine rings is 1. The Balaban J connectivity index is 1.73. The van der Waals surface area contributed by atoms with Crippen LogP contribution in [0.3, 0.4) is 0 Å². The molecule has 0 spiro atoms. The number of amides is 1. The van der Waals surface area contributed by atoms with Crippen LogP contribution in [0.25, 0.3) is 10.8 Å². The summed E-state index contributed by atoms with van der Waals surface area (Å²) >= 11 is 1.69. The summed E-state index contributed by atoms with van der Waals surface area (Å²) in [6.07, 6.45) is 0. The summed E-state index contributed by atoms with van der Waals surface area (Å²) in [7, 11) is 0. The van der Waals surface area contributed by atoms with Crippen molar-refractivity contribution < 1.29 is 4.79 Å². The maximum Gasteiger partial charge on any atom is 0.274 e. The molecule has 1 amide bonds.